The summed E-state index contributed by atoms with van der Waals surface area (Å²) >= 11 is 1.66. The second-order valence-electron chi connectivity index (χ2n) is 4.84. The van der Waals surface area contributed by atoms with Crippen LogP contribution in [0.5, 0.6) is 0 Å². The quantitative estimate of drug-likeness (QED) is 0.673. The van der Waals surface area contributed by atoms with Crippen molar-refractivity contribution in [2.45, 2.75) is 39.2 Å². The first kappa shape index (κ1) is 15.6. The summed E-state index contributed by atoms with van der Waals surface area (Å²) in [5, 5.41) is 13.3. The highest BCUT2D eigenvalue weighted by Gasteiger charge is 2.19. The molecule has 0 aliphatic rings. The summed E-state index contributed by atoms with van der Waals surface area (Å²) in [6, 6.07) is 0. The van der Waals surface area contributed by atoms with Crippen molar-refractivity contribution in [2.75, 3.05) is 26.3 Å². The second kappa shape index (κ2) is 7.84. The van der Waals surface area contributed by atoms with E-state index in [1.807, 2.05) is 12.4 Å². The Balaban J connectivity index is 2.14. The Morgan fingerprint density at radius 1 is 1.56 bits per heavy atom. The standard InChI is InChI=1S/C13H24N2O2S/c1-4-6-14-8-13(3,16)9-17-7-5-12-11(2)15-10-18-12/h10,14,16H,4-9H2,1-3H3. The van der Waals surface area contributed by atoms with Crippen LogP contribution in [-0.4, -0.2) is 42.0 Å². The molecule has 0 aliphatic carbocycles. The minimum atomic E-state index is -0.794. The van der Waals surface area contributed by atoms with Gasteiger partial charge in [-0.25, -0.2) is 4.98 Å². The van der Waals surface area contributed by atoms with Crippen LogP contribution in [0.2, 0.25) is 0 Å². The maximum atomic E-state index is 10.1. The predicted molar refractivity (Wildman–Crippen MR) is 75.2 cm³/mol. The lowest BCUT2D eigenvalue weighted by Crippen LogP contribution is -2.42. The van der Waals surface area contributed by atoms with Gasteiger partial charge in [-0.3, -0.25) is 0 Å². The molecule has 18 heavy (non-hydrogen) atoms. The maximum absolute atomic E-state index is 10.1. The molecule has 0 spiro atoms. The Morgan fingerprint density at radius 2 is 2.33 bits per heavy atom. The Hall–Kier alpha value is -0.490. The Bertz CT molecular complexity index is 339. The molecule has 1 heterocycles. The highest BCUT2D eigenvalue weighted by Crippen LogP contribution is 2.13. The number of ether oxygens (including phenoxy) is 1. The van der Waals surface area contributed by atoms with Gasteiger partial charge in [0.2, 0.25) is 0 Å². The first-order chi connectivity index (χ1) is 8.55. The van der Waals surface area contributed by atoms with Gasteiger partial charge in [0, 0.05) is 17.8 Å². The van der Waals surface area contributed by atoms with Gasteiger partial charge < -0.3 is 15.2 Å². The Morgan fingerprint density at radius 3 is 2.94 bits per heavy atom. The molecule has 1 unspecified atom stereocenters. The van der Waals surface area contributed by atoms with E-state index in [-0.39, 0.29) is 0 Å². The van der Waals surface area contributed by atoms with Crippen molar-refractivity contribution < 1.29 is 9.84 Å². The van der Waals surface area contributed by atoms with E-state index in [1.54, 1.807) is 18.3 Å². The molecule has 0 aromatic carbocycles. The van der Waals surface area contributed by atoms with E-state index in [1.165, 1.54) is 4.88 Å². The second-order valence-corrected chi connectivity index (χ2v) is 5.78. The lowest BCUT2D eigenvalue weighted by atomic mass is 10.1. The van der Waals surface area contributed by atoms with Crippen LogP contribution in [-0.2, 0) is 11.2 Å². The third kappa shape index (κ3) is 5.91. The molecular formula is C13H24N2O2S. The van der Waals surface area contributed by atoms with Crippen molar-refractivity contribution in [3.8, 4) is 0 Å². The van der Waals surface area contributed by atoms with E-state index in [0.29, 0.717) is 19.8 Å². The number of aromatic nitrogens is 1. The molecular weight excluding hydrogens is 248 g/mol. The van der Waals surface area contributed by atoms with Gasteiger partial charge in [-0.15, -0.1) is 11.3 Å². The zero-order valence-electron chi connectivity index (χ0n) is 11.5. The van der Waals surface area contributed by atoms with Crippen molar-refractivity contribution in [2.24, 2.45) is 0 Å². The van der Waals surface area contributed by atoms with Crippen LogP contribution in [0.4, 0.5) is 0 Å². The topological polar surface area (TPSA) is 54.4 Å². The van der Waals surface area contributed by atoms with Gasteiger partial charge in [0.25, 0.3) is 0 Å². The number of thiazole rings is 1. The number of hydrogen-bond donors (Lipinski definition) is 2. The van der Waals surface area contributed by atoms with E-state index in [0.717, 1.165) is 25.1 Å². The van der Waals surface area contributed by atoms with Crippen molar-refractivity contribution >= 4 is 11.3 Å². The number of aliphatic hydroxyl groups is 1. The summed E-state index contributed by atoms with van der Waals surface area (Å²) in [7, 11) is 0. The fourth-order valence-electron chi connectivity index (χ4n) is 1.61. The summed E-state index contributed by atoms with van der Waals surface area (Å²) in [4.78, 5) is 5.46. The predicted octanol–water partition coefficient (Wildman–Crippen LogP) is 1.76. The largest absolute Gasteiger partial charge is 0.386 e. The Kier molecular flexibility index (Phi) is 6.78. The summed E-state index contributed by atoms with van der Waals surface area (Å²) in [5.74, 6) is 0. The van der Waals surface area contributed by atoms with E-state index in [4.69, 9.17) is 4.74 Å². The fourth-order valence-corrected chi connectivity index (χ4v) is 2.37. The van der Waals surface area contributed by atoms with Gasteiger partial charge in [-0.2, -0.15) is 0 Å². The lowest BCUT2D eigenvalue weighted by molar-refractivity contribution is -0.0313. The van der Waals surface area contributed by atoms with Crippen LogP contribution >= 0.6 is 11.3 Å². The molecule has 1 aromatic rings. The van der Waals surface area contributed by atoms with Gasteiger partial charge in [0.1, 0.15) is 0 Å². The van der Waals surface area contributed by atoms with Crippen molar-refractivity contribution in [3.63, 3.8) is 0 Å². The third-order valence-electron chi connectivity index (χ3n) is 2.66. The van der Waals surface area contributed by atoms with Crippen LogP contribution < -0.4 is 5.32 Å². The molecule has 4 nitrogen and oxygen atoms in total. The molecule has 0 saturated carbocycles. The summed E-state index contributed by atoms with van der Waals surface area (Å²) in [6.07, 6.45) is 1.94. The number of nitrogens with zero attached hydrogens (tertiary/aromatic N) is 1. The van der Waals surface area contributed by atoms with E-state index in [9.17, 15) is 5.11 Å². The average Bonchev–Trinajstić information content (AvgIpc) is 2.71. The Labute approximate surface area is 113 Å². The normalized spacial score (nSPS) is 14.7. The average molecular weight is 272 g/mol. The molecule has 1 atom stereocenters. The van der Waals surface area contributed by atoms with Crippen LogP contribution in [0.3, 0.4) is 0 Å². The van der Waals surface area contributed by atoms with Gasteiger partial charge in [-0.1, -0.05) is 6.92 Å². The molecule has 2 N–H and O–H groups in total. The fraction of sp³-hybridized carbons (Fsp3) is 0.769. The molecule has 104 valence electrons. The van der Waals surface area contributed by atoms with E-state index >= 15 is 0 Å². The van der Waals surface area contributed by atoms with E-state index in [2.05, 4.69) is 17.2 Å². The molecule has 0 fully saturated rings. The third-order valence-corrected chi connectivity index (χ3v) is 3.66. The minimum absolute atomic E-state index is 0.363. The SMILES string of the molecule is CCCNCC(C)(O)COCCc1scnc1C. The monoisotopic (exact) mass is 272 g/mol. The van der Waals surface area contributed by atoms with Crippen LogP contribution in [0.25, 0.3) is 0 Å². The van der Waals surface area contributed by atoms with Crippen LogP contribution in [0, 0.1) is 6.92 Å². The van der Waals surface area contributed by atoms with Crippen molar-refractivity contribution in [3.05, 3.63) is 16.1 Å². The maximum Gasteiger partial charge on any atom is 0.0975 e. The molecule has 0 saturated heterocycles. The van der Waals surface area contributed by atoms with Gasteiger partial charge in [0.05, 0.1) is 30.0 Å². The van der Waals surface area contributed by atoms with Gasteiger partial charge in [-0.05, 0) is 26.8 Å². The van der Waals surface area contributed by atoms with Crippen LogP contribution in [0.1, 0.15) is 30.8 Å². The molecule has 5 heteroatoms. The molecule has 0 aliphatic heterocycles. The molecule has 0 bridgehead atoms. The number of aryl methyl sites for hydroxylation is 1. The lowest BCUT2D eigenvalue weighted by Gasteiger charge is -2.23. The van der Waals surface area contributed by atoms with Gasteiger partial charge >= 0.3 is 0 Å². The minimum Gasteiger partial charge on any atom is -0.386 e. The summed E-state index contributed by atoms with van der Waals surface area (Å²) in [6.45, 7) is 8.41. The zero-order chi connectivity index (χ0) is 13.4. The number of hydrogen-bond acceptors (Lipinski definition) is 5. The summed E-state index contributed by atoms with van der Waals surface area (Å²) in [5.41, 5.74) is 2.15. The zero-order valence-corrected chi connectivity index (χ0v) is 12.3. The molecule has 1 rings (SSSR count). The van der Waals surface area contributed by atoms with Crippen LogP contribution in [0.15, 0.2) is 5.51 Å². The summed E-state index contributed by atoms with van der Waals surface area (Å²) < 4.78 is 5.55. The van der Waals surface area contributed by atoms with Crippen molar-refractivity contribution in [1.29, 1.82) is 0 Å². The molecule has 1 aromatic heterocycles. The molecule has 0 radical (unpaired) electrons. The number of nitrogens with one attached hydrogen (secondary N) is 1. The number of rotatable bonds is 9. The smallest absolute Gasteiger partial charge is 0.0975 e. The first-order valence-electron chi connectivity index (χ1n) is 6.45. The van der Waals surface area contributed by atoms with E-state index < -0.39 is 5.60 Å². The highest BCUT2D eigenvalue weighted by molar-refractivity contribution is 7.09. The highest BCUT2D eigenvalue weighted by atomic mass is 32.1. The first-order valence-corrected chi connectivity index (χ1v) is 7.33. The molecule has 0 amide bonds. The van der Waals surface area contributed by atoms with Gasteiger partial charge in [0.15, 0.2) is 0 Å². The van der Waals surface area contributed by atoms with Crippen molar-refractivity contribution in [1.82, 2.24) is 10.3 Å².